The Balaban J connectivity index is 2.47. The largest absolute Gasteiger partial charge is 0.448 e. The van der Waals surface area contributed by atoms with Crippen LogP contribution >= 0.6 is 20.7 Å². The summed E-state index contributed by atoms with van der Waals surface area (Å²) in [5, 5.41) is 0. The van der Waals surface area contributed by atoms with E-state index in [2.05, 4.69) is 9.98 Å². The fraction of sp³-hybridized carbons (Fsp3) is 0.333. The normalized spacial score (nSPS) is 12.2. The van der Waals surface area contributed by atoms with Crippen molar-refractivity contribution in [1.29, 1.82) is 0 Å². The van der Waals surface area contributed by atoms with Gasteiger partial charge in [-0.1, -0.05) is 30.3 Å². The summed E-state index contributed by atoms with van der Waals surface area (Å²) < 4.78 is 11.4. The highest BCUT2D eigenvalue weighted by Gasteiger charge is 2.08. The summed E-state index contributed by atoms with van der Waals surface area (Å²) in [6.45, 7) is 4.34. The van der Waals surface area contributed by atoms with Crippen molar-refractivity contribution in [3.05, 3.63) is 45.5 Å². The van der Waals surface area contributed by atoms with Gasteiger partial charge in [-0.05, 0) is 40.1 Å². The molecule has 0 bridgehead atoms. The van der Waals surface area contributed by atoms with E-state index < -0.39 is 12.2 Å². The van der Waals surface area contributed by atoms with E-state index >= 15 is 0 Å². The van der Waals surface area contributed by atoms with E-state index in [1.807, 2.05) is 30.3 Å². The Bertz CT molecular complexity index is 773. The number of rotatable bonds is 4. The molecule has 2 amide bonds. The molecule has 128 valence electrons. The summed E-state index contributed by atoms with van der Waals surface area (Å²) in [4.78, 5) is 32.0. The van der Waals surface area contributed by atoms with Gasteiger partial charge in [0, 0.05) is 0 Å². The molecule has 9 heteroatoms. The number of carbonyl (C=O) groups is 2. The highest BCUT2D eigenvalue weighted by molar-refractivity contribution is 7.67. The monoisotopic (exact) mass is 367 g/mol. The van der Waals surface area contributed by atoms with Gasteiger partial charge in [-0.25, -0.2) is 9.59 Å². The summed E-state index contributed by atoms with van der Waals surface area (Å²) in [7, 11) is 2.49. The zero-order valence-corrected chi connectivity index (χ0v) is 14.9. The number of hydrogen-bond acceptors (Lipinski definition) is 6. The molecule has 0 fully saturated rings. The molecule has 0 saturated heterocycles. The van der Waals surface area contributed by atoms with E-state index in [1.165, 1.54) is 20.7 Å². The van der Waals surface area contributed by atoms with Gasteiger partial charge in [-0.3, -0.25) is 4.57 Å². The third-order valence-electron chi connectivity index (χ3n) is 2.75. The third-order valence-corrected chi connectivity index (χ3v) is 4.89. The van der Waals surface area contributed by atoms with Crippen molar-refractivity contribution in [2.24, 2.45) is 9.98 Å². The van der Waals surface area contributed by atoms with Crippen molar-refractivity contribution in [3.8, 4) is 0 Å². The number of nitrogens with zero attached hydrogens (tertiary/aromatic N) is 3. The summed E-state index contributed by atoms with van der Waals surface area (Å²) in [5.41, 5.74) is 0.994. The van der Waals surface area contributed by atoms with Gasteiger partial charge in [0.25, 0.3) is 0 Å². The van der Waals surface area contributed by atoms with Crippen LogP contribution < -0.4 is 9.60 Å². The Kier molecular flexibility index (Phi) is 6.89. The molecule has 0 aliphatic carbocycles. The molecule has 0 aliphatic rings. The van der Waals surface area contributed by atoms with Gasteiger partial charge in [0.1, 0.15) is 0 Å². The van der Waals surface area contributed by atoms with E-state index in [4.69, 9.17) is 9.47 Å². The predicted octanol–water partition coefficient (Wildman–Crippen LogP) is 2.77. The molecule has 0 N–H and O–H groups in total. The first-order valence-corrected chi connectivity index (χ1v) is 9.45. The lowest BCUT2D eigenvalue weighted by Gasteiger charge is -2.03. The Morgan fingerprint density at radius 2 is 1.46 bits per heavy atom. The molecule has 7 nitrogen and oxygen atoms in total. The molecule has 1 heterocycles. The molecular weight excluding hydrogens is 350 g/mol. The van der Waals surface area contributed by atoms with Crippen LogP contribution in [0.25, 0.3) is 0 Å². The first-order chi connectivity index (χ1) is 11.6. The summed E-state index contributed by atoms with van der Waals surface area (Å²) in [6.07, 6.45) is -1.34. The summed E-state index contributed by atoms with van der Waals surface area (Å²) in [6, 6.07) is 9.62. The smallest absolute Gasteiger partial charge is 0.436 e. The number of aromatic nitrogens is 1. The van der Waals surface area contributed by atoms with Gasteiger partial charge < -0.3 is 9.47 Å². The van der Waals surface area contributed by atoms with Gasteiger partial charge >= 0.3 is 12.2 Å². The molecule has 0 saturated carbocycles. The second-order valence-corrected chi connectivity index (χ2v) is 6.49. The quantitative estimate of drug-likeness (QED) is 0.778. The standard InChI is InChI=1S/C15H17N3O4S2/c1-3-21-14(19)16-12-18(10-11-8-6-5-7-9-11)13(24-23-12)17-15(20)22-4-2/h5-9H,3-4,10H2,1-2H3. The predicted molar refractivity (Wildman–Crippen MR) is 90.9 cm³/mol. The van der Waals surface area contributed by atoms with Crippen LogP contribution in [0.5, 0.6) is 0 Å². The Hall–Kier alpha value is -2.26. The van der Waals surface area contributed by atoms with Crippen LogP contribution in [-0.2, 0) is 16.0 Å². The van der Waals surface area contributed by atoms with Crippen LogP contribution in [0, 0.1) is 0 Å². The fourth-order valence-corrected chi connectivity index (χ4v) is 3.90. The molecule has 0 radical (unpaired) electrons. The van der Waals surface area contributed by atoms with Crippen molar-refractivity contribution >= 4 is 32.9 Å². The molecule has 24 heavy (non-hydrogen) atoms. The average Bonchev–Trinajstić information content (AvgIpc) is 2.91. The van der Waals surface area contributed by atoms with Gasteiger partial charge in [0.2, 0.25) is 9.60 Å². The maximum atomic E-state index is 11.6. The maximum absolute atomic E-state index is 11.6. The number of ether oxygens (including phenoxy) is 2. The molecule has 0 atom stereocenters. The van der Waals surface area contributed by atoms with Crippen LogP contribution in [0.1, 0.15) is 19.4 Å². The average molecular weight is 367 g/mol. The zero-order valence-electron chi connectivity index (χ0n) is 13.3. The maximum Gasteiger partial charge on any atom is 0.436 e. The lowest BCUT2D eigenvalue weighted by atomic mass is 10.2. The van der Waals surface area contributed by atoms with E-state index in [1.54, 1.807) is 18.4 Å². The molecule has 1 aromatic carbocycles. The SMILES string of the molecule is CCOC(=O)N=c1ssc(=NC(=O)OCC)n1Cc1ccccc1. The minimum Gasteiger partial charge on any atom is -0.448 e. The van der Waals surface area contributed by atoms with E-state index in [9.17, 15) is 9.59 Å². The van der Waals surface area contributed by atoms with Crippen molar-refractivity contribution in [3.63, 3.8) is 0 Å². The van der Waals surface area contributed by atoms with Crippen molar-refractivity contribution in [2.75, 3.05) is 13.2 Å². The van der Waals surface area contributed by atoms with Crippen molar-refractivity contribution in [1.82, 2.24) is 4.57 Å². The molecular formula is C15H17N3O4S2. The van der Waals surface area contributed by atoms with Gasteiger partial charge in [0.05, 0.1) is 19.8 Å². The molecule has 0 aliphatic heterocycles. The second kappa shape index (κ2) is 9.14. The lowest BCUT2D eigenvalue weighted by Crippen LogP contribution is -2.28. The van der Waals surface area contributed by atoms with Gasteiger partial charge in [-0.15, -0.1) is 9.98 Å². The second-order valence-electron chi connectivity index (χ2n) is 4.43. The Morgan fingerprint density at radius 3 is 1.92 bits per heavy atom. The minimum absolute atomic E-state index is 0.246. The van der Waals surface area contributed by atoms with E-state index in [-0.39, 0.29) is 13.2 Å². The van der Waals surface area contributed by atoms with Crippen molar-refractivity contribution in [2.45, 2.75) is 20.4 Å². The first-order valence-electron chi connectivity index (χ1n) is 7.31. The number of amides is 2. The van der Waals surface area contributed by atoms with Crippen LogP contribution in [0.2, 0.25) is 0 Å². The summed E-state index contributed by atoms with van der Waals surface area (Å²) >= 11 is 0. The van der Waals surface area contributed by atoms with Gasteiger partial charge in [-0.2, -0.15) is 0 Å². The van der Waals surface area contributed by atoms with Crippen molar-refractivity contribution < 1.29 is 19.1 Å². The first kappa shape index (κ1) is 18.1. The topological polar surface area (TPSA) is 82.2 Å². The highest BCUT2D eigenvalue weighted by Crippen LogP contribution is 2.02. The van der Waals surface area contributed by atoms with Gasteiger partial charge in [0.15, 0.2) is 0 Å². The molecule has 1 aromatic heterocycles. The Labute approximate surface area is 145 Å². The van der Waals surface area contributed by atoms with Crippen LogP contribution in [0.3, 0.4) is 0 Å². The summed E-state index contributed by atoms with van der Waals surface area (Å²) in [5.74, 6) is 0. The van der Waals surface area contributed by atoms with E-state index in [0.29, 0.717) is 16.1 Å². The number of carbonyl (C=O) groups excluding carboxylic acids is 2. The van der Waals surface area contributed by atoms with Crippen LogP contribution in [0.15, 0.2) is 40.3 Å². The number of hydrogen-bond donors (Lipinski definition) is 0. The zero-order chi connectivity index (χ0) is 17.4. The molecule has 2 aromatic rings. The fourth-order valence-electron chi connectivity index (χ4n) is 1.77. The number of benzene rings is 1. The van der Waals surface area contributed by atoms with E-state index in [0.717, 1.165) is 5.56 Å². The Morgan fingerprint density at radius 1 is 0.958 bits per heavy atom. The van der Waals surface area contributed by atoms with Crippen LogP contribution in [-0.4, -0.2) is 30.0 Å². The highest BCUT2D eigenvalue weighted by atomic mass is 32.9. The molecule has 0 spiro atoms. The minimum atomic E-state index is -0.670. The van der Waals surface area contributed by atoms with Crippen LogP contribution in [0.4, 0.5) is 9.59 Å². The molecule has 0 unspecified atom stereocenters. The third kappa shape index (κ3) is 5.14. The lowest BCUT2D eigenvalue weighted by molar-refractivity contribution is 0.162. The molecule has 2 rings (SSSR count).